The number of hydrogen-bond donors (Lipinski definition) is 0. The Morgan fingerprint density at radius 1 is 1.33 bits per heavy atom. The maximum Gasteiger partial charge on any atom is 0.246 e. The molecule has 1 rings (SSSR count). The Balaban J connectivity index is 3.36. The molecule has 1 aromatic carbocycles. The molecule has 0 aliphatic carbocycles. The molecule has 0 unspecified atom stereocenters. The first-order chi connectivity index (χ1) is 8.30. The average molecular weight is 292 g/mol. The first-order valence-electron chi connectivity index (χ1n) is 5.66. The Morgan fingerprint density at radius 3 is 2.44 bits per heavy atom. The maximum absolute atomic E-state index is 12.2. The smallest absolute Gasteiger partial charge is 0.246 e. The first kappa shape index (κ1) is 15.3. The third kappa shape index (κ3) is 3.16. The van der Waals surface area contributed by atoms with Crippen molar-refractivity contribution in [2.75, 3.05) is 20.7 Å². The molecule has 0 aromatic heterocycles. The van der Waals surface area contributed by atoms with Gasteiger partial charge in [0.1, 0.15) is 10.6 Å². The highest BCUT2D eigenvalue weighted by Gasteiger charge is 2.23. The van der Waals surface area contributed by atoms with Crippen molar-refractivity contribution in [2.24, 2.45) is 0 Å². The summed E-state index contributed by atoms with van der Waals surface area (Å²) in [4.78, 5) is 0.108. The molecular weight excluding hydrogens is 274 g/mol. The largest absolute Gasteiger partial charge is 0.492 e. The monoisotopic (exact) mass is 291 g/mol. The third-order valence-electron chi connectivity index (χ3n) is 2.45. The van der Waals surface area contributed by atoms with Crippen LogP contribution in [0.5, 0.6) is 5.75 Å². The van der Waals surface area contributed by atoms with Crippen molar-refractivity contribution >= 4 is 21.6 Å². The van der Waals surface area contributed by atoms with Gasteiger partial charge in [-0.1, -0.05) is 18.5 Å². The van der Waals surface area contributed by atoms with E-state index in [4.69, 9.17) is 16.3 Å². The van der Waals surface area contributed by atoms with Gasteiger partial charge in [0.2, 0.25) is 10.0 Å². The van der Waals surface area contributed by atoms with Crippen molar-refractivity contribution < 1.29 is 13.2 Å². The highest BCUT2D eigenvalue weighted by Crippen LogP contribution is 2.31. The summed E-state index contributed by atoms with van der Waals surface area (Å²) in [6.07, 6.45) is 0.809. The van der Waals surface area contributed by atoms with Crippen LogP contribution in [0.3, 0.4) is 0 Å². The molecule has 0 radical (unpaired) electrons. The summed E-state index contributed by atoms with van der Waals surface area (Å²) in [6, 6.07) is 3.10. The summed E-state index contributed by atoms with van der Waals surface area (Å²) in [6.45, 7) is 4.24. The van der Waals surface area contributed by atoms with Crippen LogP contribution < -0.4 is 4.74 Å². The number of nitrogens with zero attached hydrogens (tertiary/aromatic N) is 1. The molecule has 0 aliphatic heterocycles. The van der Waals surface area contributed by atoms with Gasteiger partial charge in [-0.3, -0.25) is 0 Å². The average Bonchev–Trinajstić information content (AvgIpc) is 2.29. The molecule has 0 atom stereocenters. The second-order valence-electron chi connectivity index (χ2n) is 4.18. The summed E-state index contributed by atoms with van der Waals surface area (Å²) >= 11 is 5.99. The summed E-state index contributed by atoms with van der Waals surface area (Å²) in [5.41, 5.74) is 0.792. The number of ether oxygens (including phenoxy) is 1. The fourth-order valence-corrected chi connectivity index (χ4v) is 2.62. The number of rotatable bonds is 5. The Kier molecular flexibility index (Phi) is 5.01. The number of halogens is 1. The Hall–Kier alpha value is -0.780. The molecule has 18 heavy (non-hydrogen) atoms. The maximum atomic E-state index is 12.2. The summed E-state index contributed by atoms with van der Waals surface area (Å²) in [5.74, 6) is 0.354. The van der Waals surface area contributed by atoms with Gasteiger partial charge >= 0.3 is 0 Å². The van der Waals surface area contributed by atoms with E-state index in [1.807, 2.05) is 13.8 Å². The summed E-state index contributed by atoms with van der Waals surface area (Å²) in [7, 11) is -0.596. The van der Waals surface area contributed by atoms with Crippen LogP contribution in [0.25, 0.3) is 0 Å². The lowest BCUT2D eigenvalue weighted by molar-refractivity contribution is 0.308. The van der Waals surface area contributed by atoms with Crippen LogP contribution in [0.15, 0.2) is 17.0 Å². The van der Waals surface area contributed by atoms with Crippen molar-refractivity contribution in [3.05, 3.63) is 22.7 Å². The van der Waals surface area contributed by atoms with E-state index in [1.165, 1.54) is 20.2 Å². The highest BCUT2D eigenvalue weighted by molar-refractivity contribution is 7.89. The second-order valence-corrected chi connectivity index (χ2v) is 6.71. The van der Waals surface area contributed by atoms with Gasteiger partial charge in [-0.05, 0) is 31.0 Å². The zero-order valence-electron chi connectivity index (χ0n) is 11.0. The van der Waals surface area contributed by atoms with Gasteiger partial charge in [0.15, 0.2) is 0 Å². The van der Waals surface area contributed by atoms with E-state index in [0.717, 1.165) is 16.3 Å². The van der Waals surface area contributed by atoms with Crippen LogP contribution in [0, 0.1) is 6.92 Å². The van der Waals surface area contributed by atoms with Crippen LogP contribution >= 0.6 is 11.6 Å². The van der Waals surface area contributed by atoms with E-state index >= 15 is 0 Å². The third-order valence-corrected chi connectivity index (χ3v) is 4.69. The van der Waals surface area contributed by atoms with Crippen LogP contribution in [0.2, 0.25) is 5.02 Å². The van der Waals surface area contributed by atoms with Gasteiger partial charge in [-0.2, -0.15) is 0 Å². The quantitative estimate of drug-likeness (QED) is 0.838. The van der Waals surface area contributed by atoms with Crippen LogP contribution in [-0.2, 0) is 10.0 Å². The van der Waals surface area contributed by atoms with Crippen LogP contribution in [0.1, 0.15) is 18.9 Å². The van der Waals surface area contributed by atoms with Crippen molar-refractivity contribution in [3.63, 3.8) is 0 Å². The lowest BCUT2D eigenvalue weighted by Gasteiger charge is -2.16. The normalized spacial score (nSPS) is 11.9. The molecule has 1 aromatic rings. The molecule has 0 spiro atoms. The summed E-state index contributed by atoms with van der Waals surface area (Å²) < 4.78 is 31.0. The van der Waals surface area contributed by atoms with Crippen molar-refractivity contribution in [2.45, 2.75) is 25.2 Å². The zero-order chi connectivity index (χ0) is 13.9. The highest BCUT2D eigenvalue weighted by atomic mass is 35.5. The van der Waals surface area contributed by atoms with Crippen molar-refractivity contribution in [1.82, 2.24) is 4.31 Å². The van der Waals surface area contributed by atoms with E-state index in [0.29, 0.717) is 17.4 Å². The lowest BCUT2D eigenvalue weighted by Crippen LogP contribution is -2.23. The fourth-order valence-electron chi connectivity index (χ4n) is 1.36. The molecular formula is C12H18ClNO3S. The number of aryl methyl sites for hydroxylation is 1. The van der Waals surface area contributed by atoms with Gasteiger partial charge in [-0.25, -0.2) is 12.7 Å². The lowest BCUT2D eigenvalue weighted by atomic mass is 10.2. The molecule has 102 valence electrons. The van der Waals surface area contributed by atoms with E-state index in [1.54, 1.807) is 6.07 Å². The molecule has 0 saturated carbocycles. The molecule has 0 fully saturated rings. The van der Waals surface area contributed by atoms with Crippen molar-refractivity contribution in [1.29, 1.82) is 0 Å². The van der Waals surface area contributed by atoms with Gasteiger partial charge < -0.3 is 4.74 Å². The van der Waals surface area contributed by atoms with E-state index in [2.05, 4.69) is 0 Å². The minimum Gasteiger partial charge on any atom is -0.492 e. The zero-order valence-corrected chi connectivity index (χ0v) is 12.6. The van der Waals surface area contributed by atoms with Crippen LogP contribution in [0.4, 0.5) is 0 Å². The predicted molar refractivity (Wildman–Crippen MR) is 72.8 cm³/mol. The number of benzene rings is 1. The topological polar surface area (TPSA) is 46.6 Å². The second kappa shape index (κ2) is 5.91. The molecule has 0 N–H and O–H groups in total. The van der Waals surface area contributed by atoms with Crippen molar-refractivity contribution in [3.8, 4) is 5.75 Å². The molecule has 0 aliphatic rings. The predicted octanol–water partition coefficient (Wildman–Crippen LogP) is 2.69. The summed E-state index contributed by atoms with van der Waals surface area (Å²) in [5, 5.41) is 0.416. The first-order valence-corrected chi connectivity index (χ1v) is 7.48. The van der Waals surface area contributed by atoms with Crippen LogP contribution in [-0.4, -0.2) is 33.4 Å². The SMILES string of the molecule is CCCOc1cc(C)c(Cl)cc1S(=O)(=O)N(C)C. The van der Waals surface area contributed by atoms with Gasteiger partial charge in [0.05, 0.1) is 6.61 Å². The van der Waals surface area contributed by atoms with E-state index in [9.17, 15) is 8.42 Å². The Labute approximate surface area is 114 Å². The fraction of sp³-hybridized carbons (Fsp3) is 0.500. The number of sulfonamides is 1. The van der Waals surface area contributed by atoms with E-state index < -0.39 is 10.0 Å². The Morgan fingerprint density at radius 2 is 1.94 bits per heavy atom. The minimum absolute atomic E-state index is 0.108. The standard InChI is InChI=1S/C12H18ClNO3S/c1-5-6-17-11-7-9(2)10(13)8-12(11)18(15,16)14(3)4/h7-8H,5-6H2,1-4H3. The minimum atomic E-state index is -3.55. The number of hydrogen-bond acceptors (Lipinski definition) is 3. The molecule has 0 bridgehead atoms. The molecule has 0 amide bonds. The van der Waals surface area contributed by atoms with Gasteiger partial charge in [-0.15, -0.1) is 0 Å². The van der Waals surface area contributed by atoms with Gasteiger partial charge in [0.25, 0.3) is 0 Å². The molecule has 0 saturated heterocycles. The van der Waals surface area contributed by atoms with E-state index in [-0.39, 0.29) is 4.90 Å². The van der Waals surface area contributed by atoms with Gasteiger partial charge in [0, 0.05) is 19.1 Å². The molecule has 6 heteroatoms. The molecule has 0 heterocycles. The molecule has 4 nitrogen and oxygen atoms in total. The Bertz CT molecular complexity index is 526.